The summed E-state index contributed by atoms with van der Waals surface area (Å²) in [6, 6.07) is 4.63. The van der Waals surface area contributed by atoms with E-state index in [-0.39, 0.29) is 18.2 Å². The molecule has 5 heteroatoms. The first kappa shape index (κ1) is 15.9. The third kappa shape index (κ3) is 5.08. The molecule has 1 heterocycles. The second-order valence-electron chi connectivity index (χ2n) is 6.76. The fraction of sp³-hybridized carbons (Fsp3) is 0.688. The van der Waals surface area contributed by atoms with Crippen molar-refractivity contribution in [1.29, 1.82) is 0 Å². The van der Waals surface area contributed by atoms with Gasteiger partial charge in [0.25, 0.3) is 0 Å². The summed E-state index contributed by atoms with van der Waals surface area (Å²) in [7, 11) is 0. The monoisotopic (exact) mass is 294 g/mol. The normalized spacial score (nSPS) is 23.8. The number of ether oxygens (including phenoxy) is 1. The van der Waals surface area contributed by atoms with Crippen molar-refractivity contribution in [3.05, 3.63) is 24.2 Å². The largest absolute Gasteiger partial charge is 0.468 e. The van der Waals surface area contributed by atoms with E-state index in [1.807, 2.05) is 32.9 Å². The van der Waals surface area contributed by atoms with Crippen LogP contribution in [0.15, 0.2) is 22.8 Å². The molecule has 0 bridgehead atoms. The summed E-state index contributed by atoms with van der Waals surface area (Å²) in [5, 5.41) is 6.50. The van der Waals surface area contributed by atoms with Gasteiger partial charge in [0.05, 0.1) is 12.3 Å². The maximum absolute atomic E-state index is 11.8. The van der Waals surface area contributed by atoms with Gasteiger partial charge in [-0.05, 0) is 59.1 Å². The topological polar surface area (TPSA) is 63.5 Å². The van der Waals surface area contributed by atoms with E-state index in [1.165, 1.54) is 0 Å². The van der Waals surface area contributed by atoms with Crippen LogP contribution in [0.1, 0.15) is 58.8 Å². The molecule has 1 amide bonds. The molecule has 0 aliphatic heterocycles. The van der Waals surface area contributed by atoms with Gasteiger partial charge >= 0.3 is 6.09 Å². The van der Waals surface area contributed by atoms with Crippen molar-refractivity contribution in [2.45, 2.75) is 70.7 Å². The van der Waals surface area contributed by atoms with Crippen molar-refractivity contribution < 1.29 is 13.9 Å². The van der Waals surface area contributed by atoms with Crippen LogP contribution in [0.5, 0.6) is 0 Å². The average Bonchev–Trinajstić information content (AvgIpc) is 2.97. The lowest BCUT2D eigenvalue weighted by atomic mass is 10.2. The Balaban J connectivity index is 1.75. The Morgan fingerprint density at radius 1 is 1.38 bits per heavy atom. The quantitative estimate of drug-likeness (QED) is 0.893. The van der Waals surface area contributed by atoms with Crippen LogP contribution >= 0.6 is 0 Å². The molecule has 5 nitrogen and oxygen atoms in total. The predicted molar refractivity (Wildman–Crippen MR) is 81.1 cm³/mol. The molecule has 0 spiro atoms. The van der Waals surface area contributed by atoms with Crippen LogP contribution < -0.4 is 10.6 Å². The molecule has 1 aromatic heterocycles. The van der Waals surface area contributed by atoms with Gasteiger partial charge < -0.3 is 19.8 Å². The highest BCUT2D eigenvalue weighted by Gasteiger charge is 2.28. The summed E-state index contributed by atoms with van der Waals surface area (Å²) >= 11 is 0. The van der Waals surface area contributed by atoms with Gasteiger partial charge in [-0.25, -0.2) is 4.79 Å². The Kier molecular flexibility index (Phi) is 4.93. The van der Waals surface area contributed by atoms with Gasteiger partial charge in [-0.15, -0.1) is 0 Å². The number of hydrogen-bond donors (Lipinski definition) is 2. The second-order valence-corrected chi connectivity index (χ2v) is 6.76. The molecule has 118 valence electrons. The number of rotatable bonds is 4. The van der Waals surface area contributed by atoms with Gasteiger partial charge in [0, 0.05) is 12.1 Å². The molecule has 2 rings (SSSR count). The summed E-state index contributed by atoms with van der Waals surface area (Å²) < 4.78 is 10.7. The number of furan rings is 1. The Labute approximate surface area is 126 Å². The lowest BCUT2D eigenvalue weighted by Gasteiger charge is -2.22. The van der Waals surface area contributed by atoms with E-state index in [0.29, 0.717) is 6.04 Å². The molecule has 0 aromatic carbocycles. The number of alkyl carbamates (subject to hydrolysis) is 1. The fourth-order valence-electron chi connectivity index (χ4n) is 2.71. The molecule has 21 heavy (non-hydrogen) atoms. The SMILES string of the molecule is C[C@H](NC1CCC(NC(=O)OC(C)(C)C)C1)c1ccco1. The lowest BCUT2D eigenvalue weighted by molar-refractivity contribution is 0.0505. The Morgan fingerprint density at radius 3 is 2.71 bits per heavy atom. The molecule has 1 aliphatic rings. The minimum Gasteiger partial charge on any atom is -0.468 e. The Bertz CT molecular complexity index is 451. The predicted octanol–water partition coefficient (Wildman–Crippen LogP) is 3.38. The van der Waals surface area contributed by atoms with E-state index < -0.39 is 5.60 Å². The van der Waals surface area contributed by atoms with Crippen LogP contribution in [0.25, 0.3) is 0 Å². The van der Waals surface area contributed by atoms with Gasteiger partial charge in [-0.1, -0.05) is 0 Å². The maximum atomic E-state index is 11.8. The summed E-state index contributed by atoms with van der Waals surface area (Å²) in [5.74, 6) is 0.943. The van der Waals surface area contributed by atoms with Crippen molar-refractivity contribution in [2.24, 2.45) is 0 Å². The van der Waals surface area contributed by atoms with Crippen LogP contribution in [0.2, 0.25) is 0 Å². The zero-order chi connectivity index (χ0) is 15.5. The minimum atomic E-state index is -0.450. The van der Waals surface area contributed by atoms with Crippen LogP contribution in [-0.2, 0) is 4.74 Å². The fourth-order valence-corrected chi connectivity index (χ4v) is 2.71. The maximum Gasteiger partial charge on any atom is 0.407 e. The van der Waals surface area contributed by atoms with E-state index in [2.05, 4.69) is 17.6 Å². The number of hydrogen-bond acceptors (Lipinski definition) is 4. The van der Waals surface area contributed by atoms with Gasteiger partial charge in [0.2, 0.25) is 0 Å². The second kappa shape index (κ2) is 6.52. The third-order valence-electron chi connectivity index (χ3n) is 3.61. The number of amides is 1. The number of carbonyl (C=O) groups excluding carboxylic acids is 1. The van der Waals surface area contributed by atoms with Crippen LogP contribution in [-0.4, -0.2) is 23.8 Å². The third-order valence-corrected chi connectivity index (χ3v) is 3.61. The van der Waals surface area contributed by atoms with Crippen LogP contribution in [0.4, 0.5) is 4.79 Å². The molecule has 3 atom stereocenters. The molecular formula is C16H26N2O3. The standard InChI is InChI=1S/C16H26N2O3/c1-11(14-6-5-9-20-14)17-12-7-8-13(10-12)18-15(19)21-16(2,3)4/h5-6,9,11-13,17H,7-8,10H2,1-4H3,(H,18,19)/t11-,12?,13?/m0/s1. The Morgan fingerprint density at radius 2 is 2.10 bits per heavy atom. The van der Waals surface area contributed by atoms with Gasteiger partial charge in [0.15, 0.2) is 0 Å². The first-order valence-corrected chi connectivity index (χ1v) is 7.62. The summed E-state index contributed by atoms with van der Waals surface area (Å²) in [4.78, 5) is 11.8. The van der Waals surface area contributed by atoms with Crippen molar-refractivity contribution in [1.82, 2.24) is 10.6 Å². The molecular weight excluding hydrogens is 268 g/mol. The van der Waals surface area contributed by atoms with Crippen molar-refractivity contribution in [2.75, 3.05) is 0 Å². The van der Waals surface area contributed by atoms with Gasteiger partial charge in [-0.3, -0.25) is 0 Å². The van der Waals surface area contributed by atoms with Crippen molar-refractivity contribution >= 4 is 6.09 Å². The Hall–Kier alpha value is -1.49. The summed E-state index contributed by atoms with van der Waals surface area (Å²) in [5.41, 5.74) is -0.450. The zero-order valence-corrected chi connectivity index (χ0v) is 13.3. The molecule has 2 N–H and O–H groups in total. The highest BCUT2D eigenvalue weighted by atomic mass is 16.6. The lowest BCUT2D eigenvalue weighted by Crippen LogP contribution is -2.39. The van der Waals surface area contributed by atoms with E-state index in [9.17, 15) is 4.79 Å². The first-order chi connectivity index (χ1) is 9.83. The van der Waals surface area contributed by atoms with Gasteiger partial charge in [0.1, 0.15) is 11.4 Å². The minimum absolute atomic E-state index is 0.182. The summed E-state index contributed by atoms with van der Waals surface area (Å²) in [6.07, 6.45) is 4.30. The van der Waals surface area contributed by atoms with Crippen LogP contribution in [0.3, 0.4) is 0 Å². The highest BCUT2D eigenvalue weighted by molar-refractivity contribution is 5.68. The molecule has 1 saturated carbocycles. The van der Waals surface area contributed by atoms with Crippen molar-refractivity contribution in [3.8, 4) is 0 Å². The zero-order valence-electron chi connectivity index (χ0n) is 13.3. The molecule has 1 fully saturated rings. The molecule has 0 saturated heterocycles. The molecule has 2 unspecified atom stereocenters. The highest BCUT2D eigenvalue weighted by Crippen LogP contribution is 2.23. The average molecular weight is 294 g/mol. The molecule has 1 aromatic rings. The van der Waals surface area contributed by atoms with Crippen molar-refractivity contribution in [3.63, 3.8) is 0 Å². The van der Waals surface area contributed by atoms with Gasteiger partial charge in [-0.2, -0.15) is 0 Å². The van der Waals surface area contributed by atoms with E-state index >= 15 is 0 Å². The van der Waals surface area contributed by atoms with E-state index in [1.54, 1.807) is 6.26 Å². The first-order valence-electron chi connectivity index (χ1n) is 7.62. The molecule has 0 radical (unpaired) electrons. The smallest absolute Gasteiger partial charge is 0.407 e. The number of carbonyl (C=O) groups is 1. The van der Waals surface area contributed by atoms with Crippen LogP contribution in [0, 0.1) is 0 Å². The van der Waals surface area contributed by atoms with E-state index in [4.69, 9.17) is 9.15 Å². The summed E-state index contributed by atoms with van der Waals surface area (Å²) in [6.45, 7) is 7.71. The molecule has 1 aliphatic carbocycles. The van der Waals surface area contributed by atoms with E-state index in [0.717, 1.165) is 25.0 Å². The number of nitrogens with one attached hydrogen (secondary N) is 2.